The van der Waals surface area contributed by atoms with Crippen molar-refractivity contribution in [1.29, 1.82) is 0 Å². The summed E-state index contributed by atoms with van der Waals surface area (Å²) in [6.45, 7) is 1.55. The average Bonchev–Trinajstić information content (AvgIpc) is 2.92. The average molecular weight is 335 g/mol. The van der Waals surface area contributed by atoms with Crippen molar-refractivity contribution in [1.82, 2.24) is 9.88 Å². The van der Waals surface area contributed by atoms with E-state index in [9.17, 15) is 4.79 Å². The van der Waals surface area contributed by atoms with Gasteiger partial charge in [0.2, 0.25) is 0 Å². The Labute approximate surface area is 141 Å². The number of aromatic amines is 1. The number of carbonyl (C=O) groups is 1. The molecule has 1 saturated heterocycles. The number of hydrogen-bond donors (Lipinski definition) is 1. The summed E-state index contributed by atoms with van der Waals surface area (Å²) < 4.78 is 5.14. The Balaban J connectivity index is 1.82. The molecule has 4 nitrogen and oxygen atoms in total. The highest BCUT2D eigenvalue weighted by Gasteiger charge is 2.29. The van der Waals surface area contributed by atoms with Crippen LogP contribution >= 0.6 is 11.6 Å². The molecule has 1 fully saturated rings. The second-order valence-corrected chi connectivity index (χ2v) is 6.52. The number of piperidine rings is 1. The van der Waals surface area contributed by atoms with Crippen LogP contribution in [0.3, 0.4) is 0 Å². The lowest BCUT2D eigenvalue weighted by Crippen LogP contribution is -2.44. The van der Waals surface area contributed by atoms with Gasteiger partial charge in [0.25, 0.3) is 5.91 Å². The highest BCUT2D eigenvalue weighted by molar-refractivity contribution is 6.38. The van der Waals surface area contributed by atoms with Gasteiger partial charge in [0.05, 0.1) is 5.02 Å². The molecule has 1 aliphatic heterocycles. The Hall–Kier alpha value is -1.52. The van der Waals surface area contributed by atoms with Gasteiger partial charge >= 0.3 is 0 Å². The van der Waals surface area contributed by atoms with Crippen molar-refractivity contribution < 1.29 is 9.53 Å². The highest BCUT2D eigenvalue weighted by Crippen LogP contribution is 2.30. The number of nitrogens with zero attached hydrogens (tertiary/aromatic N) is 1. The lowest BCUT2D eigenvalue weighted by Gasteiger charge is -2.35. The van der Waals surface area contributed by atoms with Crippen LogP contribution < -0.4 is 0 Å². The largest absolute Gasteiger partial charge is 0.385 e. The Morgan fingerprint density at radius 1 is 1.39 bits per heavy atom. The predicted molar refractivity (Wildman–Crippen MR) is 93.1 cm³/mol. The molecule has 1 aliphatic rings. The minimum atomic E-state index is 0.0216. The molecule has 0 aliphatic carbocycles. The van der Waals surface area contributed by atoms with Gasteiger partial charge in [-0.15, -0.1) is 0 Å². The van der Waals surface area contributed by atoms with Crippen LogP contribution in [-0.4, -0.2) is 42.1 Å². The number of aromatic nitrogens is 1. The quantitative estimate of drug-likeness (QED) is 0.831. The Morgan fingerprint density at radius 2 is 2.22 bits per heavy atom. The third-order valence-electron chi connectivity index (χ3n) is 4.63. The zero-order valence-corrected chi connectivity index (χ0v) is 14.2. The van der Waals surface area contributed by atoms with Crippen LogP contribution in [0.1, 0.15) is 42.6 Å². The summed E-state index contributed by atoms with van der Waals surface area (Å²) in [5.74, 6) is 0.0216. The monoisotopic (exact) mass is 334 g/mol. The van der Waals surface area contributed by atoms with E-state index in [4.69, 9.17) is 16.3 Å². The van der Waals surface area contributed by atoms with Crippen LogP contribution in [-0.2, 0) is 4.74 Å². The number of likely N-dealkylation sites (tertiary alicyclic amines) is 1. The van der Waals surface area contributed by atoms with Crippen molar-refractivity contribution in [2.45, 2.75) is 38.1 Å². The molecule has 1 amide bonds. The molecule has 1 aromatic carbocycles. The first kappa shape index (κ1) is 16.3. The first-order valence-electron chi connectivity index (χ1n) is 8.28. The molecule has 1 atom stereocenters. The number of fused-ring (bicyclic) bond motifs is 1. The number of para-hydroxylation sites is 1. The number of hydrogen-bond acceptors (Lipinski definition) is 2. The molecule has 3 rings (SSSR count). The summed E-state index contributed by atoms with van der Waals surface area (Å²) in [4.78, 5) is 18.2. The van der Waals surface area contributed by atoms with Crippen molar-refractivity contribution in [3.63, 3.8) is 0 Å². The van der Waals surface area contributed by atoms with E-state index in [1.165, 1.54) is 6.42 Å². The third-order valence-corrected chi connectivity index (χ3v) is 5.02. The number of methoxy groups -OCH3 is 1. The van der Waals surface area contributed by atoms with E-state index in [0.717, 1.165) is 49.7 Å². The van der Waals surface area contributed by atoms with E-state index in [1.807, 2.05) is 29.2 Å². The molecule has 0 saturated carbocycles. The fourth-order valence-electron chi connectivity index (χ4n) is 3.43. The molecular weight excluding hydrogens is 312 g/mol. The van der Waals surface area contributed by atoms with Gasteiger partial charge in [-0.1, -0.05) is 29.8 Å². The summed E-state index contributed by atoms with van der Waals surface area (Å²) in [6.07, 6.45) is 5.27. The Kier molecular flexibility index (Phi) is 5.23. The SMILES string of the molecule is COCCCC1CCCCN1C(=O)c1[nH]c2ccccc2c1Cl. The van der Waals surface area contributed by atoms with Gasteiger partial charge in [-0.3, -0.25) is 4.79 Å². The summed E-state index contributed by atoms with van der Waals surface area (Å²) in [7, 11) is 1.72. The molecule has 124 valence electrons. The number of nitrogens with one attached hydrogen (secondary N) is 1. The number of amides is 1. The van der Waals surface area contributed by atoms with Crippen LogP contribution in [0.25, 0.3) is 10.9 Å². The van der Waals surface area contributed by atoms with Crippen LogP contribution in [0.2, 0.25) is 5.02 Å². The van der Waals surface area contributed by atoms with Gasteiger partial charge in [-0.2, -0.15) is 0 Å². The molecule has 1 N–H and O–H groups in total. The maximum Gasteiger partial charge on any atom is 0.272 e. The predicted octanol–water partition coefficient (Wildman–Crippen LogP) is 4.24. The van der Waals surface area contributed by atoms with Crippen molar-refractivity contribution in [3.8, 4) is 0 Å². The molecule has 0 spiro atoms. The number of carbonyl (C=O) groups excluding carboxylic acids is 1. The maximum atomic E-state index is 13.0. The number of halogens is 1. The molecule has 2 heterocycles. The molecule has 1 unspecified atom stereocenters. The number of benzene rings is 1. The molecule has 0 radical (unpaired) electrons. The molecule has 23 heavy (non-hydrogen) atoms. The lowest BCUT2D eigenvalue weighted by molar-refractivity contribution is 0.0580. The highest BCUT2D eigenvalue weighted by atomic mass is 35.5. The van der Waals surface area contributed by atoms with E-state index in [-0.39, 0.29) is 11.9 Å². The van der Waals surface area contributed by atoms with Crippen LogP contribution in [0, 0.1) is 0 Å². The lowest BCUT2D eigenvalue weighted by atomic mass is 9.97. The van der Waals surface area contributed by atoms with Crippen LogP contribution in [0.5, 0.6) is 0 Å². The first-order valence-corrected chi connectivity index (χ1v) is 8.66. The van der Waals surface area contributed by atoms with E-state index >= 15 is 0 Å². The second-order valence-electron chi connectivity index (χ2n) is 6.14. The topological polar surface area (TPSA) is 45.3 Å². The van der Waals surface area contributed by atoms with Gasteiger partial charge in [-0.05, 0) is 38.2 Å². The first-order chi connectivity index (χ1) is 11.2. The summed E-state index contributed by atoms with van der Waals surface area (Å²) in [5, 5.41) is 1.44. The molecule has 2 aromatic rings. The summed E-state index contributed by atoms with van der Waals surface area (Å²) >= 11 is 6.45. The zero-order chi connectivity index (χ0) is 16.2. The standard InChI is InChI=1S/C18H23ClN2O2/c1-23-12-6-8-13-7-4-5-11-21(13)18(22)17-16(19)14-9-2-3-10-15(14)20-17/h2-3,9-10,13,20H,4-8,11-12H2,1H3. The molecule has 1 aromatic heterocycles. The summed E-state index contributed by atoms with van der Waals surface area (Å²) in [6, 6.07) is 8.05. The number of H-pyrrole nitrogens is 1. The van der Waals surface area contributed by atoms with E-state index in [0.29, 0.717) is 10.7 Å². The molecule has 5 heteroatoms. The number of ether oxygens (including phenoxy) is 1. The van der Waals surface area contributed by atoms with Gasteiger partial charge in [0.15, 0.2) is 0 Å². The van der Waals surface area contributed by atoms with Crippen molar-refractivity contribution in [3.05, 3.63) is 35.0 Å². The minimum absolute atomic E-state index is 0.0216. The van der Waals surface area contributed by atoms with Gasteiger partial charge in [0.1, 0.15) is 5.69 Å². The van der Waals surface area contributed by atoms with Gasteiger partial charge in [-0.25, -0.2) is 0 Å². The van der Waals surface area contributed by atoms with Crippen molar-refractivity contribution >= 4 is 28.4 Å². The zero-order valence-electron chi connectivity index (χ0n) is 13.5. The maximum absolute atomic E-state index is 13.0. The van der Waals surface area contributed by atoms with Crippen molar-refractivity contribution in [2.75, 3.05) is 20.3 Å². The van der Waals surface area contributed by atoms with Crippen LogP contribution in [0.4, 0.5) is 0 Å². The van der Waals surface area contributed by atoms with E-state index in [2.05, 4.69) is 4.98 Å². The van der Waals surface area contributed by atoms with E-state index in [1.54, 1.807) is 7.11 Å². The van der Waals surface area contributed by atoms with Crippen LogP contribution in [0.15, 0.2) is 24.3 Å². The minimum Gasteiger partial charge on any atom is -0.385 e. The van der Waals surface area contributed by atoms with Gasteiger partial charge in [0, 0.05) is 37.2 Å². The molecular formula is C18H23ClN2O2. The van der Waals surface area contributed by atoms with E-state index < -0.39 is 0 Å². The fraction of sp³-hybridized carbons (Fsp3) is 0.500. The fourth-order valence-corrected chi connectivity index (χ4v) is 3.72. The number of rotatable bonds is 5. The third kappa shape index (κ3) is 3.38. The summed E-state index contributed by atoms with van der Waals surface area (Å²) in [5.41, 5.74) is 1.43. The smallest absolute Gasteiger partial charge is 0.272 e. The second kappa shape index (κ2) is 7.37. The Morgan fingerprint density at radius 3 is 3.00 bits per heavy atom. The van der Waals surface area contributed by atoms with Crippen molar-refractivity contribution in [2.24, 2.45) is 0 Å². The Bertz CT molecular complexity index is 683. The van der Waals surface area contributed by atoms with Gasteiger partial charge < -0.3 is 14.6 Å². The normalized spacial score (nSPS) is 18.5. The molecule has 0 bridgehead atoms.